The Bertz CT molecular complexity index is 787. The number of nitrogens with one attached hydrogen (secondary N) is 1. The summed E-state index contributed by atoms with van der Waals surface area (Å²) in [5, 5.41) is 2.39. The Morgan fingerprint density at radius 1 is 1.00 bits per heavy atom. The number of halogens is 4. The van der Waals surface area contributed by atoms with Gasteiger partial charge in [-0.3, -0.25) is 4.79 Å². The lowest BCUT2D eigenvalue weighted by molar-refractivity contribution is -0.119. The van der Waals surface area contributed by atoms with Crippen molar-refractivity contribution in [3.05, 3.63) is 54.1 Å². The number of rotatable bonds is 8. The van der Waals surface area contributed by atoms with Crippen molar-refractivity contribution < 1.29 is 36.6 Å². The highest BCUT2D eigenvalue weighted by Crippen LogP contribution is 2.28. The molecule has 1 N–H and O–H groups in total. The molecule has 0 aromatic heterocycles. The molecule has 0 heterocycles. The van der Waals surface area contributed by atoms with Gasteiger partial charge in [0, 0.05) is 10.6 Å². The molecule has 5 nitrogen and oxygen atoms in total. The van der Waals surface area contributed by atoms with Gasteiger partial charge in [0.05, 0.1) is 5.56 Å². The van der Waals surface area contributed by atoms with Crippen LogP contribution in [0.3, 0.4) is 0 Å². The van der Waals surface area contributed by atoms with Crippen molar-refractivity contribution >= 4 is 29.3 Å². The van der Waals surface area contributed by atoms with E-state index in [4.69, 9.17) is 4.74 Å². The predicted molar refractivity (Wildman–Crippen MR) is 90.3 cm³/mol. The Balaban J connectivity index is 1.89. The zero-order chi connectivity index (χ0) is 19.8. The Morgan fingerprint density at radius 3 is 2.30 bits per heavy atom. The van der Waals surface area contributed by atoms with Crippen LogP contribution in [0.2, 0.25) is 0 Å². The van der Waals surface area contributed by atoms with E-state index >= 15 is 0 Å². The van der Waals surface area contributed by atoms with E-state index in [-0.39, 0.29) is 33.7 Å². The summed E-state index contributed by atoms with van der Waals surface area (Å²) in [7, 11) is 0. The van der Waals surface area contributed by atoms with Crippen molar-refractivity contribution in [2.75, 3.05) is 11.9 Å². The lowest BCUT2D eigenvalue weighted by atomic mass is 10.2. The molecule has 2 aromatic rings. The van der Waals surface area contributed by atoms with Crippen molar-refractivity contribution in [3.8, 4) is 5.75 Å². The summed E-state index contributed by atoms with van der Waals surface area (Å²) < 4.78 is 58.2. The van der Waals surface area contributed by atoms with E-state index in [1.165, 1.54) is 48.5 Å². The molecule has 0 aliphatic rings. The fourth-order valence-electron chi connectivity index (χ4n) is 1.96. The van der Waals surface area contributed by atoms with E-state index in [0.29, 0.717) is 0 Å². The fourth-order valence-corrected chi connectivity index (χ4v) is 2.59. The van der Waals surface area contributed by atoms with E-state index < -0.39 is 30.9 Å². The van der Waals surface area contributed by atoms with Crippen molar-refractivity contribution in [1.29, 1.82) is 0 Å². The summed E-state index contributed by atoms with van der Waals surface area (Å²) in [4.78, 5) is 23.8. The molecule has 1 amide bonds. The molecular weight excluding hydrogens is 390 g/mol. The molecule has 0 aliphatic heterocycles. The highest BCUT2D eigenvalue weighted by molar-refractivity contribution is 7.99. The van der Waals surface area contributed by atoms with Crippen LogP contribution in [-0.4, -0.2) is 30.9 Å². The summed E-state index contributed by atoms with van der Waals surface area (Å²) in [6.45, 7) is -3.61. The fraction of sp³-hybridized carbons (Fsp3) is 0.176. The molecule has 0 unspecified atom stereocenters. The van der Waals surface area contributed by atoms with Gasteiger partial charge in [0.2, 0.25) is 0 Å². The van der Waals surface area contributed by atoms with Gasteiger partial charge in [0.25, 0.3) is 11.7 Å². The van der Waals surface area contributed by atoms with E-state index in [0.717, 1.165) is 0 Å². The summed E-state index contributed by atoms with van der Waals surface area (Å²) >= 11 is 0.196. The number of alkyl halides is 4. The highest BCUT2D eigenvalue weighted by atomic mass is 32.2. The third kappa shape index (κ3) is 6.81. The third-order valence-corrected chi connectivity index (χ3v) is 3.81. The maximum Gasteiger partial charge on any atom is 0.387 e. The molecule has 0 bridgehead atoms. The van der Waals surface area contributed by atoms with Gasteiger partial charge in [-0.25, -0.2) is 4.79 Å². The van der Waals surface area contributed by atoms with Gasteiger partial charge in [0.1, 0.15) is 5.75 Å². The molecule has 10 heteroatoms. The first-order valence-corrected chi connectivity index (χ1v) is 8.29. The van der Waals surface area contributed by atoms with Crippen LogP contribution < -0.4 is 10.1 Å². The predicted octanol–water partition coefficient (Wildman–Crippen LogP) is 4.40. The van der Waals surface area contributed by atoms with Gasteiger partial charge < -0.3 is 14.8 Å². The third-order valence-electron chi connectivity index (χ3n) is 3.02. The molecule has 0 saturated carbocycles. The Morgan fingerprint density at radius 2 is 1.67 bits per heavy atom. The number of ether oxygens (including phenoxy) is 2. The SMILES string of the molecule is O=C(COC(=O)c1ccccc1SC(F)F)Nc1ccc(OC(F)F)cc1. The number of hydrogen-bond donors (Lipinski definition) is 1. The molecule has 27 heavy (non-hydrogen) atoms. The number of thioether (sulfide) groups is 1. The number of carbonyl (C=O) groups excluding carboxylic acids is 2. The summed E-state index contributed by atoms with van der Waals surface area (Å²) in [5.74, 6) is -4.40. The normalized spacial score (nSPS) is 10.7. The van der Waals surface area contributed by atoms with Crippen molar-refractivity contribution in [2.45, 2.75) is 17.3 Å². The second kappa shape index (κ2) is 9.81. The average molecular weight is 403 g/mol. The van der Waals surface area contributed by atoms with Crippen LogP contribution in [0.15, 0.2) is 53.4 Å². The summed E-state index contributed by atoms with van der Waals surface area (Å²) in [6.07, 6.45) is 0. The first-order chi connectivity index (χ1) is 12.8. The standard InChI is InChI=1S/C17H13F4NO4S/c18-16(19)26-11-7-5-10(6-8-11)22-14(23)9-25-15(24)12-3-1-2-4-13(12)27-17(20)21/h1-8,16-17H,9H2,(H,22,23). The minimum absolute atomic E-state index is 0.0347. The topological polar surface area (TPSA) is 64.6 Å². The molecule has 0 atom stereocenters. The lowest BCUT2D eigenvalue weighted by Gasteiger charge is -2.10. The first kappa shape index (κ1) is 20.6. The van der Waals surface area contributed by atoms with Gasteiger partial charge in [-0.2, -0.15) is 17.6 Å². The quantitative estimate of drug-likeness (QED) is 0.402. The molecular formula is C17H13F4NO4S. The van der Waals surface area contributed by atoms with Crippen molar-refractivity contribution in [3.63, 3.8) is 0 Å². The van der Waals surface area contributed by atoms with Gasteiger partial charge in [-0.05, 0) is 36.4 Å². The van der Waals surface area contributed by atoms with E-state index in [1.54, 1.807) is 0 Å². The second-order valence-corrected chi connectivity index (χ2v) is 5.93. The average Bonchev–Trinajstić information content (AvgIpc) is 2.61. The smallest absolute Gasteiger partial charge is 0.387 e. The molecule has 2 rings (SSSR count). The van der Waals surface area contributed by atoms with E-state index in [9.17, 15) is 27.2 Å². The lowest BCUT2D eigenvalue weighted by Crippen LogP contribution is -2.21. The molecule has 0 saturated heterocycles. The zero-order valence-corrected chi connectivity index (χ0v) is 14.4. The molecule has 0 radical (unpaired) electrons. The number of esters is 1. The number of hydrogen-bond acceptors (Lipinski definition) is 5. The number of benzene rings is 2. The van der Waals surface area contributed by atoms with Gasteiger partial charge in [0.15, 0.2) is 6.61 Å². The number of amides is 1. The second-order valence-electron chi connectivity index (χ2n) is 4.90. The van der Waals surface area contributed by atoms with Gasteiger partial charge >= 0.3 is 12.6 Å². The minimum atomic E-state index is -2.96. The monoisotopic (exact) mass is 403 g/mol. The molecule has 0 fully saturated rings. The Kier molecular flexibility index (Phi) is 7.47. The van der Waals surface area contributed by atoms with Crippen LogP contribution in [0.1, 0.15) is 10.4 Å². The molecule has 144 valence electrons. The van der Waals surface area contributed by atoms with Crippen LogP contribution in [0, 0.1) is 0 Å². The van der Waals surface area contributed by atoms with Gasteiger partial charge in [-0.15, -0.1) is 0 Å². The van der Waals surface area contributed by atoms with Crippen LogP contribution in [-0.2, 0) is 9.53 Å². The zero-order valence-electron chi connectivity index (χ0n) is 13.5. The van der Waals surface area contributed by atoms with Crippen LogP contribution >= 0.6 is 11.8 Å². The Hall–Kier alpha value is -2.75. The van der Waals surface area contributed by atoms with Crippen molar-refractivity contribution in [2.24, 2.45) is 0 Å². The summed E-state index contributed by atoms with van der Waals surface area (Å²) in [6, 6.07) is 10.7. The van der Waals surface area contributed by atoms with E-state index in [2.05, 4.69) is 10.1 Å². The van der Waals surface area contributed by atoms with Crippen molar-refractivity contribution in [1.82, 2.24) is 0 Å². The van der Waals surface area contributed by atoms with Crippen LogP contribution in [0.25, 0.3) is 0 Å². The van der Waals surface area contributed by atoms with Crippen LogP contribution in [0.5, 0.6) is 5.75 Å². The molecule has 2 aromatic carbocycles. The molecule has 0 aliphatic carbocycles. The first-order valence-electron chi connectivity index (χ1n) is 7.41. The van der Waals surface area contributed by atoms with Gasteiger partial charge in [-0.1, -0.05) is 23.9 Å². The van der Waals surface area contributed by atoms with Crippen LogP contribution in [0.4, 0.5) is 23.2 Å². The summed E-state index contributed by atoms with van der Waals surface area (Å²) in [5.41, 5.74) is 0.190. The Labute approximate surface area is 155 Å². The largest absolute Gasteiger partial charge is 0.452 e. The minimum Gasteiger partial charge on any atom is -0.452 e. The number of anilines is 1. The maximum absolute atomic E-state index is 12.5. The van der Waals surface area contributed by atoms with E-state index in [1.807, 2.05) is 0 Å². The highest BCUT2D eigenvalue weighted by Gasteiger charge is 2.17. The maximum atomic E-state index is 12.5. The number of carbonyl (C=O) groups is 2. The molecule has 0 spiro atoms.